The second-order valence-corrected chi connectivity index (χ2v) is 9.48. The van der Waals surface area contributed by atoms with E-state index in [-0.39, 0.29) is 12.3 Å². The third-order valence-electron chi connectivity index (χ3n) is 5.51. The molecule has 0 saturated heterocycles. The Morgan fingerprint density at radius 1 is 0.946 bits per heavy atom. The number of ether oxygens (including phenoxy) is 2. The molecular formula is C29H30N2O6. The van der Waals surface area contributed by atoms with Gasteiger partial charge in [-0.3, -0.25) is 10.1 Å². The first-order valence-corrected chi connectivity index (χ1v) is 11.8. The van der Waals surface area contributed by atoms with Crippen LogP contribution >= 0.6 is 0 Å². The van der Waals surface area contributed by atoms with Gasteiger partial charge in [-0.25, -0.2) is 9.59 Å². The molecular weight excluding hydrogens is 472 g/mol. The summed E-state index contributed by atoms with van der Waals surface area (Å²) in [5.41, 5.74) is 1.61. The minimum Gasteiger partial charge on any atom is -0.456 e. The van der Waals surface area contributed by atoms with E-state index in [2.05, 4.69) is 5.32 Å². The van der Waals surface area contributed by atoms with Crippen molar-refractivity contribution in [2.45, 2.75) is 39.5 Å². The van der Waals surface area contributed by atoms with Crippen LogP contribution in [0.3, 0.4) is 0 Å². The van der Waals surface area contributed by atoms with Gasteiger partial charge in [0.25, 0.3) is 5.69 Å². The van der Waals surface area contributed by atoms with Gasteiger partial charge in [0.15, 0.2) is 6.04 Å². The first kappa shape index (κ1) is 27.1. The maximum absolute atomic E-state index is 13.3. The summed E-state index contributed by atoms with van der Waals surface area (Å²) in [6.07, 6.45) is 2.08. The number of hydrogen-bond acceptors (Lipinski definition) is 6. The average molecular weight is 503 g/mol. The van der Waals surface area contributed by atoms with Crippen molar-refractivity contribution in [3.05, 3.63) is 118 Å². The smallest absolute Gasteiger partial charge is 0.408 e. The van der Waals surface area contributed by atoms with E-state index in [4.69, 9.17) is 9.47 Å². The SMILES string of the molecule is CC(C)(C)C(/C=C/c1ccc([N+](=O)[O-])cc1)OC(=O)[C@@H](NC(=O)OCc1ccccc1)c1ccccc1. The summed E-state index contributed by atoms with van der Waals surface area (Å²) in [4.78, 5) is 36.3. The Kier molecular flexibility index (Phi) is 9.16. The van der Waals surface area contributed by atoms with Gasteiger partial charge in [0.1, 0.15) is 12.7 Å². The first-order chi connectivity index (χ1) is 17.6. The number of nitro benzene ring substituents is 1. The summed E-state index contributed by atoms with van der Waals surface area (Å²) in [7, 11) is 0. The fraction of sp³-hybridized carbons (Fsp3) is 0.241. The highest BCUT2D eigenvalue weighted by Gasteiger charge is 2.31. The van der Waals surface area contributed by atoms with E-state index < -0.39 is 34.5 Å². The van der Waals surface area contributed by atoms with E-state index in [1.165, 1.54) is 12.1 Å². The third kappa shape index (κ3) is 8.31. The van der Waals surface area contributed by atoms with E-state index in [1.54, 1.807) is 48.6 Å². The molecule has 0 radical (unpaired) electrons. The van der Waals surface area contributed by atoms with Crippen LogP contribution in [0.5, 0.6) is 0 Å². The van der Waals surface area contributed by atoms with Crippen molar-refractivity contribution in [2.24, 2.45) is 5.41 Å². The van der Waals surface area contributed by atoms with Gasteiger partial charge < -0.3 is 14.8 Å². The molecule has 0 aliphatic heterocycles. The molecule has 0 saturated carbocycles. The lowest BCUT2D eigenvalue weighted by molar-refractivity contribution is -0.384. The number of carbonyl (C=O) groups excluding carboxylic acids is 2. The van der Waals surface area contributed by atoms with Crippen LogP contribution in [-0.4, -0.2) is 23.1 Å². The van der Waals surface area contributed by atoms with Crippen molar-refractivity contribution < 1.29 is 24.0 Å². The number of carbonyl (C=O) groups is 2. The van der Waals surface area contributed by atoms with Gasteiger partial charge in [0.2, 0.25) is 0 Å². The van der Waals surface area contributed by atoms with Crippen LogP contribution in [0.1, 0.15) is 43.5 Å². The number of nitrogens with one attached hydrogen (secondary N) is 1. The lowest BCUT2D eigenvalue weighted by Crippen LogP contribution is -2.39. The predicted octanol–water partition coefficient (Wildman–Crippen LogP) is 6.23. The molecule has 8 nitrogen and oxygen atoms in total. The van der Waals surface area contributed by atoms with Gasteiger partial charge in [-0.05, 0) is 34.9 Å². The molecule has 192 valence electrons. The number of nitrogens with zero attached hydrogens (tertiary/aromatic N) is 1. The Morgan fingerprint density at radius 3 is 2.11 bits per heavy atom. The normalized spacial score (nSPS) is 12.9. The van der Waals surface area contributed by atoms with Crippen LogP contribution in [0.2, 0.25) is 0 Å². The van der Waals surface area contributed by atoms with Gasteiger partial charge in [0, 0.05) is 17.5 Å². The van der Waals surface area contributed by atoms with E-state index in [0.717, 1.165) is 11.1 Å². The number of nitro groups is 1. The van der Waals surface area contributed by atoms with Gasteiger partial charge in [-0.2, -0.15) is 0 Å². The van der Waals surface area contributed by atoms with Crippen molar-refractivity contribution in [1.29, 1.82) is 0 Å². The van der Waals surface area contributed by atoms with Crippen molar-refractivity contribution in [3.8, 4) is 0 Å². The van der Waals surface area contributed by atoms with E-state index in [9.17, 15) is 19.7 Å². The molecule has 1 unspecified atom stereocenters. The molecule has 3 rings (SSSR count). The molecule has 3 aromatic carbocycles. The van der Waals surface area contributed by atoms with Crippen LogP contribution in [0.4, 0.5) is 10.5 Å². The quantitative estimate of drug-likeness (QED) is 0.211. The molecule has 1 N–H and O–H groups in total. The Bertz CT molecular complexity index is 1220. The first-order valence-electron chi connectivity index (χ1n) is 11.8. The Hall–Kier alpha value is -4.46. The largest absolute Gasteiger partial charge is 0.456 e. The maximum atomic E-state index is 13.3. The van der Waals surface area contributed by atoms with Crippen molar-refractivity contribution >= 4 is 23.8 Å². The van der Waals surface area contributed by atoms with Crippen LogP contribution in [0.15, 0.2) is 91.0 Å². The van der Waals surface area contributed by atoms with Crippen molar-refractivity contribution in [1.82, 2.24) is 5.32 Å². The van der Waals surface area contributed by atoms with Gasteiger partial charge in [-0.15, -0.1) is 0 Å². The summed E-state index contributed by atoms with van der Waals surface area (Å²) in [6, 6.07) is 23.0. The topological polar surface area (TPSA) is 108 Å². The average Bonchev–Trinajstić information content (AvgIpc) is 2.89. The summed E-state index contributed by atoms with van der Waals surface area (Å²) in [5.74, 6) is -0.642. The van der Waals surface area contributed by atoms with E-state index >= 15 is 0 Å². The molecule has 8 heteroatoms. The maximum Gasteiger partial charge on any atom is 0.408 e. The Morgan fingerprint density at radius 2 is 1.54 bits per heavy atom. The Labute approximate surface area is 216 Å². The second-order valence-electron chi connectivity index (χ2n) is 9.48. The van der Waals surface area contributed by atoms with E-state index in [0.29, 0.717) is 5.56 Å². The number of non-ortho nitro benzene ring substituents is 1. The minimum absolute atomic E-state index is 0.00752. The molecule has 0 aromatic heterocycles. The Balaban J connectivity index is 1.75. The standard InChI is InChI=1S/C29H30N2O6/c1-29(2,3)25(19-16-21-14-17-24(18-15-21)31(34)35)37-27(32)26(23-12-8-5-9-13-23)30-28(33)36-20-22-10-6-4-7-11-22/h4-19,25-26H,20H2,1-3H3,(H,30,33)/b19-16+/t25?,26-/m0/s1. The molecule has 0 fully saturated rings. The predicted molar refractivity (Wildman–Crippen MR) is 140 cm³/mol. The minimum atomic E-state index is -1.08. The fourth-order valence-corrected chi connectivity index (χ4v) is 3.41. The number of alkyl carbamates (subject to hydrolysis) is 1. The summed E-state index contributed by atoms with van der Waals surface area (Å²) in [6.45, 7) is 5.82. The van der Waals surface area contributed by atoms with Crippen molar-refractivity contribution in [3.63, 3.8) is 0 Å². The molecule has 0 heterocycles. The van der Waals surface area contributed by atoms with Gasteiger partial charge in [-0.1, -0.05) is 87.5 Å². The highest BCUT2D eigenvalue weighted by Crippen LogP contribution is 2.27. The number of rotatable bonds is 9. The highest BCUT2D eigenvalue weighted by atomic mass is 16.6. The molecule has 0 spiro atoms. The lowest BCUT2D eigenvalue weighted by atomic mass is 9.88. The molecule has 0 aliphatic carbocycles. The zero-order valence-electron chi connectivity index (χ0n) is 21.0. The summed E-state index contributed by atoms with van der Waals surface area (Å²) in [5, 5.41) is 13.5. The zero-order valence-corrected chi connectivity index (χ0v) is 21.0. The molecule has 3 aromatic rings. The fourth-order valence-electron chi connectivity index (χ4n) is 3.41. The highest BCUT2D eigenvalue weighted by molar-refractivity contribution is 5.83. The van der Waals surface area contributed by atoms with E-state index in [1.807, 2.05) is 57.2 Å². The van der Waals surface area contributed by atoms with Gasteiger partial charge in [0.05, 0.1) is 4.92 Å². The lowest BCUT2D eigenvalue weighted by Gasteiger charge is -2.29. The van der Waals surface area contributed by atoms with Crippen LogP contribution in [0, 0.1) is 15.5 Å². The zero-order chi connectivity index (χ0) is 26.8. The number of esters is 1. The molecule has 37 heavy (non-hydrogen) atoms. The monoisotopic (exact) mass is 502 g/mol. The second kappa shape index (κ2) is 12.5. The van der Waals surface area contributed by atoms with Crippen LogP contribution in [0.25, 0.3) is 6.08 Å². The van der Waals surface area contributed by atoms with Crippen molar-refractivity contribution in [2.75, 3.05) is 0 Å². The molecule has 1 amide bonds. The molecule has 0 bridgehead atoms. The molecule has 0 aliphatic rings. The van der Waals surface area contributed by atoms with Crippen LogP contribution in [-0.2, 0) is 20.9 Å². The number of hydrogen-bond donors (Lipinski definition) is 1. The molecule has 2 atom stereocenters. The third-order valence-corrected chi connectivity index (χ3v) is 5.51. The number of benzene rings is 3. The van der Waals surface area contributed by atoms with Gasteiger partial charge >= 0.3 is 12.1 Å². The number of amides is 1. The summed E-state index contributed by atoms with van der Waals surface area (Å²) < 4.78 is 11.2. The van der Waals surface area contributed by atoms with Crippen LogP contribution < -0.4 is 5.32 Å². The summed E-state index contributed by atoms with van der Waals surface area (Å²) >= 11 is 0.